The molecule has 0 radical (unpaired) electrons. The first kappa shape index (κ1) is 35.2. The monoisotopic (exact) mass is 597 g/mol. The molecule has 5 atom stereocenters. The van der Waals surface area contributed by atoms with Crippen LogP contribution >= 0.6 is 0 Å². The second-order valence-corrected chi connectivity index (χ2v) is 12.2. The second kappa shape index (κ2) is 19.2. The SMILES string of the molecule is CCCCCC(C)(O)CO[C@@H]1[C@@H](N(C)CCCCCC(=O)OCC)[C@H](OCc2ccccc2)C[C@@H]1OCc1ccccc1. The minimum absolute atomic E-state index is 0.0408. The summed E-state index contributed by atoms with van der Waals surface area (Å²) in [7, 11) is 2.13. The van der Waals surface area contributed by atoms with E-state index in [-0.39, 0.29) is 36.9 Å². The van der Waals surface area contributed by atoms with E-state index in [1.807, 2.05) is 50.2 Å². The molecule has 2 aromatic carbocycles. The van der Waals surface area contributed by atoms with Crippen LogP contribution in [-0.2, 0) is 37.0 Å². The summed E-state index contributed by atoms with van der Waals surface area (Å²) in [4.78, 5) is 14.1. The number of unbranched alkanes of at least 4 members (excludes halogenated alkanes) is 4. The molecule has 43 heavy (non-hydrogen) atoms. The number of hydrogen-bond donors (Lipinski definition) is 1. The summed E-state index contributed by atoms with van der Waals surface area (Å²) >= 11 is 0. The summed E-state index contributed by atoms with van der Waals surface area (Å²) < 4.78 is 24.9. The number of rotatable bonds is 21. The molecule has 3 rings (SSSR count). The Morgan fingerprint density at radius 1 is 0.860 bits per heavy atom. The number of carbonyl (C=O) groups excluding carboxylic acids is 1. The average Bonchev–Trinajstić information content (AvgIpc) is 3.36. The average molecular weight is 598 g/mol. The highest BCUT2D eigenvalue weighted by atomic mass is 16.6. The molecule has 1 N–H and O–H groups in total. The van der Waals surface area contributed by atoms with Gasteiger partial charge in [-0.15, -0.1) is 0 Å². The van der Waals surface area contributed by atoms with Crippen LogP contribution in [0.25, 0.3) is 0 Å². The molecule has 0 spiro atoms. The largest absolute Gasteiger partial charge is 0.466 e. The van der Waals surface area contributed by atoms with E-state index < -0.39 is 5.60 Å². The molecule has 7 heteroatoms. The fourth-order valence-corrected chi connectivity index (χ4v) is 5.85. The smallest absolute Gasteiger partial charge is 0.305 e. The van der Waals surface area contributed by atoms with Crippen LogP contribution in [0.2, 0.25) is 0 Å². The summed E-state index contributed by atoms with van der Waals surface area (Å²) in [6, 6.07) is 20.4. The number of benzene rings is 2. The molecule has 1 aliphatic rings. The van der Waals surface area contributed by atoms with Gasteiger partial charge in [0.1, 0.15) is 6.10 Å². The number of esters is 1. The van der Waals surface area contributed by atoms with Gasteiger partial charge >= 0.3 is 5.97 Å². The van der Waals surface area contributed by atoms with Crippen LogP contribution in [0.5, 0.6) is 0 Å². The Kier molecular flexibility index (Phi) is 15.7. The normalized spacial score (nSPS) is 21.6. The molecule has 0 aliphatic heterocycles. The molecule has 1 unspecified atom stereocenters. The van der Waals surface area contributed by atoms with E-state index in [1.54, 1.807) is 0 Å². The molecule has 0 aromatic heterocycles. The van der Waals surface area contributed by atoms with E-state index in [1.165, 1.54) is 0 Å². The van der Waals surface area contributed by atoms with Gasteiger partial charge in [-0.05, 0) is 57.8 Å². The molecule has 240 valence electrons. The van der Waals surface area contributed by atoms with Crippen LogP contribution in [-0.4, -0.2) is 72.7 Å². The Morgan fingerprint density at radius 2 is 1.49 bits per heavy atom. The van der Waals surface area contributed by atoms with Crippen molar-refractivity contribution in [3.63, 3.8) is 0 Å². The second-order valence-electron chi connectivity index (χ2n) is 12.2. The van der Waals surface area contributed by atoms with Crippen molar-refractivity contribution in [3.8, 4) is 0 Å². The van der Waals surface area contributed by atoms with Crippen molar-refractivity contribution in [1.82, 2.24) is 4.90 Å². The van der Waals surface area contributed by atoms with Crippen molar-refractivity contribution in [2.24, 2.45) is 0 Å². The van der Waals surface area contributed by atoms with Gasteiger partial charge in [0.05, 0.1) is 50.3 Å². The maximum atomic E-state index is 11.8. The van der Waals surface area contributed by atoms with E-state index in [4.69, 9.17) is 18.9 Å². The molecular weight excluding hydrogens is 542 g/mol. The van der Waals surface area contributed by atoms with Crippen molar-refractivity contribution in [2.75, 3.05) is 26.8 Å². The quantitative estimate of drug-likeness (QED) is 0.127. The van der Waals surface area contributed by atoms with Crippen LogP contribution < -0.4 is 0 Å². The molecule has 1 fully saturated rings. The first-order valence-corrected chi connectivity index (χ1v) is 16.3. The van der Waals surface area contributed by atoms with E-state index in [0.717, 1.165) is 56.2 Å². The highest BCUT2D eigenvalue weighted by molar-refractivity contribution is 5.69. The van der Waals surface area contributed by atoms with Crippen molar-refractivity contribution >= 4 is 5.97 Å². The molecule has 1 aliphatic carbocycles. The van der Waals surface area contributed by atoms with Gasteiger partial charge in [0.15, 0.2) is 0 Å². The standard InChI is InChI=1S/C36H55NO6/c1-5-7-16-23-36(3,39)28-43-35-32(42-27-30-20-13-9-14-21-30)25-31(41-26-29-18-11-8-12-19-29)34(35)37(4)24-17-10-15-22-33(38)40-6-2/h8-9,11-14,18-21,31-32,34-35,39H,5-7,10,15-17,22-28H2,1-4H3/t31-,32+,34+,35+,36?/m1/s1. The van der Waals surface area contributed by atoms with Gasteiger partial charge in [0, 0.05) is 12.8 Å². The maximum Gasteiger partial charge on any atom is 0.305 e. The molecule has 1 saturated carbocycles. The number of likely N-dealkylation sites (N-methyl/N-ethyl adjacent to an activating group) is 1. The Balaban J connectivity index is 1.73. The van der Waals surface area contributed by atoms with Crippen LogP contribution in [0.4, 0.5) is 0 Å². The van der Waals surface area contributed by atoms with Gasteiger partial charge in [-0.2, -0.15) is 0 Å². The van der Waals surface area contributed by atoms with E-state index in [0.29, 0.717) is 39.1 Å². The zero-order valence-electron chi connectivity index (χ0n) is 26.9. The number of hydrogen-bond acceptors (Lipinski definition) is 7. The Morgan fingerprint density at radius 3 is 2.09 bits per heavy atom. The fourth-order valence-electron chi connectivity index (χ4n) is 5.85. The molecule has 7 nitrogen and oxygen atoms in total. The number of ether oxygens (including phenoxy) is 4. The molecule has 2 aromatic rings. The predicted molar refractivity (Wildman–Crippen MR) is 171 cm³/mol. The first-order chi connectivity index (χ1) is 20.8. The van der Waals surface area contributed by atoms with Gasteiger partial charge in [0.25, 0.3) is 0 Å². The lowest BCUT2D eigenvalue weighted by molar-refractivity contribution is -0.143. The maximum absolute atomic E-state index is 11.8. The molecule has 0 saturated heterocycles. The van der Waals surface area contributed by atoms with Crippen molar-refractivity contribution in [1.29, 1.82) is 0 Å². The van der Waals surface area contributed by atoms with Crippen LogP contribution in [0.15, 0.2) is 60.7 Å². The van der Waals surface area contributed by atoms with E-state index in [2.05, 4.69) is 43.1 Å². The summed E-state index contributed by atoms with van der Waals surface area (Å²) in [5, 5.41) is 11.2. The van der Waals surface area contributed by atoms with Gasteiger partial charge in [-0.25, -0.2) is 0 Å². The summed E-state index contributed by atoms with van der Waals surface area (Å²) in [6.07, 6.45) is 7.23. The fraction of sp³-hybridized carbons (Fsp3) is 0.639. The van der Waals surface area contributed by atoms with Gasteiger partial charge in [-0.3, -0.25) is 9.69 Å². The van der Waals surface area contributed by atoms with Crippen LogP contribution in [0.3, 0.4) is 0 Å². The lowest BCUT2D eigenvalue weighted by atomic mass is 9.99. The highest BCUT2D eigenvalue weighted by Gasteiger charge is 2.48. The Labute approximate surface area is 259 Å². The molecule has 0 bridgehead atoms. The van der Waals surface area contributed by atoms with Gasteiger partial charge in [0.2, 0.25) is 0 Å². The third kappa shape index (κ3) is 12.7. The van der Waals surface area contributed by atoms with Crippen LogP contribution in [0.1, 0.15) is 89.7 Å². The predicted octanol–water partition coefficient (Wildman–Crippen LogP) is 6.70. The Hall–Kier alpha value is -2.29. The first-order valence-electron chi connectivity index (χ1n) is 16.3. The topological polar surface area (TPSA) is 77.5 Å². The van der Waals surface area contributed by atoms with Crippen molar-refractivity contribution in [2.45, 2.75) is 122 Å². The molecular formula is C36H55NO6. The summed E-state index contributed by atoms with van der Waals surface area (Å²) in [5.74, 6) is -0.126. The summed E-state index contributed by atoms with van der Waals surface area (Å²) in [6.45, 7) is 8.42. The lowest BCUT2D eigenvalue weighted by Crippen LogP contribution is -2.50. The minimum Gasteiger partial charge on any atom is -0.466 e. The van der Waals surface area contributed by atoms with E-state index in [9.17, 15) is 9.90 Å². The van der Waals surface area contributed by atoms with E-state index >= 15 is 0 Å². The third-order valence-corrected chi connectivity index (χ3v) is 8.27. The number of aliphatic hydroxyl groups is 1. The zero-order chi connectivity index (χ0) is 30.9. The molecule has 0 amide bonds. The van der Waals surface area contributed by atoms with Crippen LogP contribution in [0, 0.1) is 0 Å². The Bertz CT molecular complexity index is 1020. The van der Waals surface area contributed by atoms with Gasteiger partial charge in [-0.1, -0.05) is 93.3 Å². The lowest BCUT2D eigenvalue weighted by Gasteiger charge is -2.36. The highest BCUT2D eigenvalue weighted by Crippen LogP contribution is 2.34. The minimum atomic E-state index is -0.904. The van der Waals surface area contributed by atoms with Crippen molar-refractivity contribution in [3.05, 3.63) is 71.8 Å². The third-order valence-electron chi connectivity index (χ3n) is 8.27. The zero-order valence-corrected chi connectivity index (χ0v) is 26.9. The summed E-state index contributed by atoms with van der Waals surface area (Å²) in [5.41, 5.74) is 1.35. The molecule has 0 heterocycles. The van der Waals surface area contributed by atoms with Crippen molar-refractivity contribution < 1.29 is 28.8 Å². The number of nitrogens with zero attached hydrogens (tertiary/aromatic N) is 1. The number of carbonyl (C=O) groups is 1. The van der Waals surface area contributed by atoms with Gasteiger partial charge < -0.3 is 24.1 Å².